The zero-order valence-corrected chi connectivity index (χ0v) is 58.3. The van der Waals surface area contributed by atoms with Crippen molar-refractivity contribution in [3.63, 3.8) is 0 Å². The van der Waals surface area contributed by atoms with Crippen LogP contribution in [0.15, 0.2) is 0 Å². The number of rotatable bonds is 66. The van der Waals surface area contributed by atoms with Crippen molar-refractivity contribution < 1.29 is 80.2 Å². The van der Waals surface area contributed by atoms with Crippen LogP contribution in [0.25, 0.3) is 0 Å². The first-order valence-corrected chi connectivity index (χ1v) is 38.4. The third kappa shape index (κ3) is 61.3. The summed E-state index contributed by atoms with van der Waals surface area (Å²) in [6.07, 6.45) is 41.8. The fourth-order valence-electron chi connectivity index (χ4n) is 10.2. The maximum absolute atomic E-state index is 13.0. The van der Waals surface area contributed by atoms with Crippen LogP contribution in [-0.4, -0.2) is 96.7 Å². The van der Waals surface area contributed by atoms with Crippen molar-refractivity contribution in [1.82, 2.24) is 0 Å². The summed E-state index contributed by atoms with van der Waals surface area (Å²) < 4.78 is 68.1. The number of esters is 4. The van der Waals surface area contributed by atoms with E-state index in [4.69, 9.17) is 37.0 Å². The molecule has 0 amide bonds. The Kier molecular flexibility index (Phi) is 57.8. The molecule has 0 spiro atoms. The SMILES string of the molecule is CCCCCCCCCCCCC(=O)OC[C@H](COP(=O)(O)OC[C@H](O)COP(=O)(O)OC[C@@H](COC(=O)CCCCCCCCCC(C)C)OC(=O)CCCCCCCCCCCCCCCCC(C)C)OC(=O)CCCCCCCCC(C)CC. The molecule has 0 aliphatic carbocycles. The van der Waals surface area contributed by atoms with E-state index in [2.05, 4.69) is 48.5 Å². The summed E-state index contributed by atoms with van der Waals surface area (Å²) in [6, 6.07) is 0. The fraction of sp³-hybridized carbons (Fsp3) is 0.941. The molecule has 0 aromatic carbocycles. The lowest BCUT2D eigenvalue weighted by Gasteiger charge is -2.21. The molecule has 0 aromatic heterocycles. The van der Waals surface area contributed by atoms with Gasteiger partial charge in [0.25, 0.3) is 0 Å². The molecule has 0 heterocycles. The van der Waals surface area contributed by atoms with Gasteiger partial charge in [0.15, 0.2) is 12.2 Å². The van der Waals surface area contributed by atoms with Gasteiger partial charge in [-0.2, -0.15) is 0 Å². The number of hydrogen-bond acceptors (Lipinski definition) is 15. The average molecular weight is 1280 g/mol. The van der Waals surface area contributed by atoms with Gasteiger partial charge in [0.1, 0.15) is 19.3 Å². The number of carbonyl (C=O) groups excluding carboxylic acids is 4. The van der Waals surface area contributed by atoms with Crippen LogP contribution in [0, 0.1) is 17.8 Å². The summed E-state index contributed by atoms with van der Waals surface area (Å²) in [4.78, 5) is 72.4. The molecule has 0 aliphatic rings. The third-order valence-corrected chi connectivity index (χ3v) is 17.9. The molecule has 0 aliphatic heterocycles. The maximum Gasteiger partial charge on any atom is 0.472 e. The zero-order chi connectivity index (χ0) is 64.5. The Morgan fingerprint density at radius 1 is 0.333 bits per heavy atom. The Morgan fingerprint density at radius 2 is 0.586 bits per heavy atom. The quantitative estimate of drug-likeness (QED) is 0.0222. The van der Waals surface area contributed by atoms with E-state index in [1.807, 2.05) is 0 Å². The van der Waals surface area contributed by atoms with Gasteiger partial charge in [-0.1, -0.05) is 286 Å². The first-order valence-electron chi connectivity index (χ1n) is 35.4. The van der Waals surface area contributed by atoms with Gasteiger partial charge in [0.2, 0.25) is 0 Å². The third-order valence-electron chi connectivity index (χ3n) is 16.0. The highest BCUT2D eigenvalue weighted by molar-refractivity contribution is 7.47. The van der Waals surface area contributed by atoms with Crippen molar-refractivity contribution in [2.75, 3.05) is 39.6 Å². The fourth-order valence-corrected chi connectivity index (χ4v) is 11.7. The van der Waals surface area contributed by atoms with Gasteiger partial charge in [-0.3, -0.25) is 37.3 Å². The number of ether oxygens (including phenoxy) is 4. The summed E-state index contributed by atoms with van der Waals surface area (Å²) in [5, 5.41) is 10.6. The number of hydrogen-bond donors (Lipinski definition) is 3. The van der Waals surface area contributed by atoms with E-state index in [1.54, 1.807) is 0 Å². The van der Waals surface area contributed by atoms with Crippen LogP contribution in [0.2, 0.25) is 0 Å². The van der Waals surface area contributed by atoms with E-state index in [0.29, 0.717) is 31.6 Å². The van der Waals surface area contributed by atoms with Crippen LogP contribution in [0.3, 0.4) is 0 Å². The van der Waals surface area contributed by atoms with Gasteiger partial charge in [0.05, 0.1) is 26.4 Å². The molecule has 0 radical (unpaired) electrons. The minimum atomic E-state index is -4.95. The predicted molar refractivity (Wildman–Crippen MR) is 349 cm³/mol. The molecule has 0 fully saturated rings. The lowest BCUT2D eigenvalue weighted by atomic mass is 10.00. The Hall–Kier alpha value is -1.94. The van der Waals surface area contributed by atoms with Crippen molar-refractivity contribution in [3.8, 4) is 0 Å². The van der Waals surface area contributed by atoms with Gasteiger partial charge in [-0.25, -0.2) is 9.13 Å². The molecule has 3 N–H and O–H groups in total. The van der Waals surface area contributed by atoms with E-state index in [9.17, 15) is 43.2 Å². The first-order chi connectivity index (χ1) is 41.8. The van der Waals surface area contributed by atoms with Crippen molar-refractivity contribution in [1.29, 1.82) is 0 Å². The summed E-state index contributed by atoms with van der Waals surface area (Å²) in [5.74, 6) is 0.0874. The van der Waals surface area contributed by atoms with E-state index in [-0.39, 0.29) is 25.7 Å². The molecule has 3 unspecified atom stereocenters. The number of carbonyl (C=O) groups is 4. The van der Waals surface area contributed by atoms with Crippen LogP contribution >= 0.6 is 15.6 Å². The lowest BCUT2D eigenvalue weighted by molar-refractivity contribution is -0.161. The van der Waals surface area contributed by atoms with E-state index in [0.717, 1.165) is 108 Å². The highest BCUT2D eigenvalue weighted by Crippen LogP contribution is 2.45. The van der Waals surface area contributed by atoms with E-state index >= 15 is 0 Å². The van der Waals surface area contributed by atoms with Gasteiger partial charge in [-0.05, 0) is 43.4 Å². The second kappa shape index (κ2) is 59.1. The molecular weight excluding hydrogens is 1150 g/mol. The molecule has 17 nitrogen and oxygen atoms in total. The largest absolute Gasteiger partial charge is 0.472 e. The second-order valence-corrected chi connectivity index (χ2v) is 28.7. The van der Waals surface area contributed by atoms with Crippen molar-refractivity contribution in [2.24, 2.45) is 17.8 Å². The number of phosphoric acid groups is 2. The molecule has 0 aromatic rings. The highest BCUT2D eigenvalue weighted by atomic mass is 31.2. The van der Waals surface area contributed by atoms with E-state index < -0.39 is 97.5 Å². The zero-order valence-electron chi connectivity index (χ0n) is 56.5. The minimum absolute atomic E-state index is 0.103. The highest BCUT2D eigenvalue weighted by Gasteiger charge is 2.30. The molecular formula is C68H132O17P2. The summed E-state index contributed by atoms with van der Waals surface area (Å²) in [5.41, 5.74) is 0. The molecule has 6 atom stereocenters. The predicted octanol–water partition coefficient (Wildman–Crippen LogP) is 19.1. The van der Waals surface area contributed by atoms with Crippen LogP contribution in [-0.2, 0) is 65.4 Å². The monoisotopic (exact) mass is 1280 g/mol. The summed E-state index contributed by atoms with van der Waals surface area (Å²) in [7, 11) is -9.89. The molecule has 87 heavy (non-hydrogen) atoms. The van der Waals surface area contributed by atoms with Crippen LogP contribution in [0.4, 0.5) is 0 Å². The number of aliphatic hydroxyl groups is 1. The molecule has 0 rings (SSSR count). The maximum atomic E-state index is 13.0. The van der Waals surface area contributed by atoms with Crippen molar-refractivity contribution in [2.45, 2.75) is 356 Å². The molecule has 19 heteroatoms. The lowest BCUT2D eigenvalue weighted by Crippen LogP contribution is -2.30. The second-order valence-electron chi connectivity index (χ2n) is 25.8. The minimum Gasteiger partial charge on any atom is -0.462 e. The number of phosphoric ester groups is 2. The molecule has 0 bridgehead atoms. The van der Waals surface area contributed by atoms with Crippen molar-refractivity contribution >= 4 is 39.5 Å². The Labute approximate surface area is 530 Å². The van der Waals surface area contributed by atoms with E-state index in [1.165, 1.54) is 141 Å². The standard InChI is InChI=1S/C68H132O17P2/c1-8-10-11-12-13-14-22-27-35-42-49-65(70)78-56-64(85-68(73)52-45-38-31-30-34-41-48-61(7)9-2)58-83-87(76,77)81-54-62(69)53-80-86(74,75)82-57-63(55-79-66(71)50-43-36-29-24-26-33-40-47-60(5)6)84-67(72)51-44-37-28-23-20-18-16-15-17-19-21-25-32-39-46-59(3)4/h59-64,69H,8-58H2,1-7H3,(H,74,75)(H,76,77)/t61?,62-,63-,64-/m1/s1. The van der Waals surface area contributed by atoms with Gasteiger partial charge < -0.3 is 33.8 Å². The molecule has 0 saturated heterocycles. The molecule has 0 saturated carbocycles. The smallest absolute Gasteiger partial charge is 0.462 e. The van der Waals surface area contributed by atoms with Crippen molar-refractivity contribution in [3.05, 3.63) is 0 Å². The topological polar surface area (TPSA) is 237 Å². The Balaban J connectivity index is 5.22. The summed E-state index contributed by atoms with van der Waals surface area (Å²) >= 11 is 0. The Bertz CT molecular complexity index is 1720. The number of unbranched alkanes of at least 4 members (excludes halogenated alkanes) is 33. The first kappa shape index (κ1) is 85.1. The average Bonchev–Trinajstić information content (AvgIpc) is 3.70. The summed E-state index contributed by atoms with van der Waals surface area (Å²) in [6.45, 7) is 11.7. The number of aliphatic hydroxyl groups excluding tert-OH is 1. The molecule has 516 valence electrons. The van der Waals surface area contributed by atoms with Crippen LogP contribution in [0.5, 0.6) is 0 Å². The van der Waals surface area contributed by atoms with Crippen LogP contribution < -0.4 is 0 Å². The normalized spacial score (nSPS) is 14.6. The van der Waals surface area contributed by atoms with Gasteiger partial charge in [-0.15, -0.1) is 0 Å². The van der Waals surface area contributed by atoms with Gasteiger partial charge >= 0.3 is 39.5 Å². The van der Waals surface area contributed by atoms with Crippen LogP contribution in [0.1, 0.15) is 337 Å². The Morgan fingerprint density at radius 3 is 0.874 bits per heavy atom. The van der Waals surface area contributed by atoms with Gasteiger partial charge in [0, 0.05) is 25.7 Å².